The Balaban J connectivity index is 2.35. The summed E-state index contributed by atoms with van der Waals surface area (Å²) >= 11 is 9.42. The molecular formula is C15H13BrClFN2O. The Bertz CT molecular complexity index is 706. The highest BCUT2D eigenvalue weighted by Gasteiger charge is 2.15. The molecule has 2 aromatic rings. The number of carbonyl (C=O) groups is 1. The standard InChI is InChI=1S/C15H13BrClFN2O/c1-8-6-10(16)13(7-11(8)17)20-15(21)9-4-3-5-12(18)14(9)19-2/h3-7,19H,1-2H3,(H,20,21). The van der Waals surface area contributed by atoms with Crippen LogP contribution < -0.4 is 10.6 Å². The van der Waals surface area contributed by atoms with Crippen molar-refractivity contribution in [3.8, 4) is 0 Å². The van der Waals surface area contributed by atoms with E-state index >= 15 is 0 Å². The number of hydrogen-bond donors (Lipinski definition) is 2. The van der Waals surface area contributed by atoms with Crippen molar-refractivity contribution in [2.45, 2.75) is 6.92 Å². The van der Waals surface area contributed by atoms with Gasteiger partial charge in [-0.2, -0.15) is 0 Å². The van der Waals surface area contributed by atoms with Crippen molar-refractivity contribution in [3.05, 3.63) is 56.8 Å². The van der Waals surface area contributed by atoms with Gasteiger partial charge in [-0.15, -0.1) is 0 Å². The molecule has 3 nitrogen and oxygen atoms in total. The first kappa shape index (κ1) is 15.8. The molecule has 0 saturated carbocycles. The maximum absolute atomic E-state index is 13.7. The molecule has 0 fully saturated rings. The maximum atomic E-state index is 13.7. The fourth-order valence-corrected chi connectivity index (χ4v) is 2.62. The molecule has 21 heavy (non-hydrogen) atoms. The van der Waals surface area contributed by atoms with E-state index in [2.05, 4.69) is 26.6 Å². The summed E-state index contributed by atoms with van der Waals surface area (Å²) < 4.78 is 14.4. The van der Waals surface area contributed by atoms with Gasteiger partial charge in [-0.05, 0) is 52.7 Å². The number of aryl methyl sites for hydroxylation is 1. The van der Waals surface area contributed by atoms with Gasteiger partial charge in [-0.3, -0.25) is 4.79 Å². The minimum absolute atomic E-state index is 0.157. The highest BCUT2D eigenvalue weighted by molar-refractivity contribution is 9.10. The van der Waals surface area contributed by atoms with E-state index in [9.17, 15) is 9.18 Å². The third-order valence-corrected chi connectivity index (χ3v) is 4.07. The fraction of sp³-hybridized carbons (Fsp3) is 0.133. The molecule has 0 saturated heterocycles. The van der Waals surface area contributed by atoms with Crippen LogP contribution >= 0.6 is 27.5 Å². The molecule has 2 aromatic carbocycles. The monoisotopic (exact) mass is 370 g/mol. The van der Waals surface area contributed by atoms with E-state index in [4.69, 9.17) is 11.6 Å². The van der Waals surface area contributed by atoms with E-state index in [0.29, 0.717) is 15.2 Å². The lowest BCUT2D eigenvalue weighted by molar-refractivity contribution is 0.102. The Morgan fingerprint density at radius 2 is 2.05 bits per heavy atom. The van der Waals surface area contributed by atoms with E-state index < -0.39 is 11.7 Å². The summed E-state index contributed by atoms with van der Waals surface area (Å²) in [5.41, 5.74) is 1.80. The Morgan fingerprint density at radius 1 is 1.33 bits per heavy atom. The highest BCUT2D eigenvalue weighted by Crippen LogP contribution is 2.30. The number of amides is 1. The van der Waals surface area contributed by atoms with Gasteiger partial charge in [0.2, 0.25) is 0 Å². The predicted octanol–water partition coefficient (Wildman–Crippen LogP) is 4.84. The third kappa shape index (κ3) is 3.36. The molecule has 0 aromatic heterocycles. The molecule has 0 unspecified atom stereocenters. The first-order chi connectivity index (χ1) is 9.93. The first-order valence-electron chi connectivity index (χ1n) is 6.17. The van der Waals surface area contributed by atoms with Gasteiger partial charge in [-0.25, -0.2) is 4.39 Å². The van der Waals surface area contributed by atoms with Gasteiger partial charge >= 0.3 is 0 Å². The van der Waals surface area contributed by atoms with Crippen molar-refractivity contribution in [2.24, 2.45) is 0 Å². The number of rotatable bonds is 3. The van der Waals surface area contributed by atoms with E-state index in [1.54, 1.807) is 19.2 Å². The summed E-state index contributed by atoms with van der Waals surface area (Å²) in [4.78, 5) is 12.3. The van der Waals surface area contributed by atoms with Crippen LogP contribution in [0.25, 0.3) is 0 Å². The molecule has 110 valence electrons. The molecule has 0 aliphatic rings. The molecule has 0 atom stereocenters. The number of halogens is 3. The average Bonchev–Trinajstić information content (AvgIpc) is 2.44. The summed E-state index contributed by atoms with van der Waals surface area (Å²) in [6, 6.07) is 7.79. The Hall–Kier alpha value is -1.59. The molecule has 0 radical (unpaired) electrons. The Labute approximate surface area is 135 Å². The molecule has 2 N–H and O–H groups in total. The van der Waals surface area contributed by atoms with Crippen molar-refractivity contribution < 1.29 is 9.18 Å². The SMILES string of the molecule is CNc1c(F)cccc1C(=O)Nc1cc(Cl)c(C)cc1Br. The largest absolute Gasteiger partial charge is 0.385 e. The normalized spacial score (nSPS) is 10.3. The Morgan fingerprint density at radius 3 is 2.71 bits per heavy atom. The van der Waals surface area contributed by atoms with E-state index in [1.165, 1.54) is 12.1 Å². The van der Waals surface area contributed by atoms with Gasteiger partial charge in [0.15, 0.2) is 0 Å². The Kier molecular flexibility index (Phi) is 4.85. The number of nitrogens with one attached hydrogen (secondary N) is 2. The fourth-order valence-electron chi connectivity index (χ4n) is 1.90. The lowest BCUT2D eigenvalue weighted by Gasteiger charge is -2.12. The molecule has 2 rings (SSSR count). The molecule has 6 heteroatoms. The zero-order chi connectivity index (χ0) is 15.6. The molecule has 0 bridgehead atoms. The molecule has 0 spiro atoms. The van der Waals surface area contributed by atoms with Crippen molar-refractivity contribution in [1.82, 2.24) is 0 Å². The van der Waals surface area contributed by atoms with Gasteiger partial charge < -0.3 is 10.6 Å². The minimum atomic E-state index is -0.480. The van der Waals surface area contributed by atoms with Gasteiger partial charge in [0.05, 0.1) is 16.9 Å². The third-order valence-electron chi connectivity index (χ3n) is 3.00. The van der Waals surface area contributed by atoms with Crippen LogP contribution in [0.2, 0.25) is 5.02 Å². The number of para-hydroxylation sites is 1. The topological polar surface area (TPSA) is 41.1 Å². The van der Waals surface area contributed by atoms with Crippen molar-refractivity contribution >= 4 is 44.8 Å². The number of carbonyl (C=O) groups excluding carboxylic acids is 1. The molecule has 0 aliphatic heterocycles. The second kappa shape index (κ2) is 6.45. The van der Waals surface area contributed by atoms with E-state index in [0.717, 1.165) is 5.56 Å². The van der Waals surface area contributed by atoms with Crippen LogP contribution in [0.3, 0.4) is 0 Å². The van der Waals surface area contributed by atoms with Gasteiger partial charge in [0.25, 0.3) is 5.91 Å². The number of hydrogen-bond acceptors (Lipinski definition) is 2. The second-order valence-corrected chi connectivity index (χ2v) is 5.71. The van der Waals surface area contributed by atoms with Crippen LogP contribution in [0, 0.1) is 12.7 Å². The van der Waals surface area contributed by atoms with E-state index in [-0.39, 0.29) is 11.3 Å². The molecule has 1 amide bonds. The summed E-state index contributed by atoms with van der Waals surface area (Å²) in [5.74, 6) is -0.898. The van der Waals surface area contributed by atoms with Crippen molar-refractivity contribution in [2.75, 3.05) is 17.7 Å². The van der Waals surface area contributed by atoms with Crippen LogP contribution in [0.1, 0.15) is 15.9 Å². The number of anilines is 2. The molecule has 0 aliphatic carbocycles. The van der Waals surface area contributed by atoms with Crippen LogP contribution in [0.15, 0.2) is 34.8 Å². The van der Waals surface area contributed by atoms with Crippen molar-refractivity contribution in [3.63, 3.8) is 0 Å². The second-order valence-electron chi connectivity index (χ2n) is 4.45. The van der Waals surface area contributed by atoms with Crippen LogP contribution in [-0.2, 0) is 0 Å². The van der Waals surface area contributed by atoms with E-state index in [1.807, 2.05) is 13.0 Å². The summed E-state index contributed by atoms with van der Waals surface area (Å²) in [6.45, 7) is 1.87. The van der Waals surface area contributed by atoms with Gasteiger partial charge in [0, 0.05) is 16.5 Å². The lowest BCUT2D eigenvalue weighted by Crippen LogP contribution is -2.15. The summed E-state index contributed by atoms with van der Waals surface area (Å²) in [5, 5.41) is 5.95. The van der Waals surface area contributed by atoms with Crippen LogP contribution in [0.4, 0.5) is 15.8 Å². The van der Waals surface area contributed by atoms with Crippen molar-refractivity contribution in [1.29, 1.82) is 0 Å². The smallest absolute Gasteiger partial charge is 0.257 e. The van der Waals surface area contributed by atoms with Gasteiger partial charge in [-0.1, -0.05) is 17.7 Å². The quantitative estimate of drug-likeness (QED) is 0.810. The van der Waals surface area contributed by atoms with Gasteiger partial charge in [0.1, 0.15) is 5.82 Å². The lowest BCUT2D eigenvalue weighted by atomic mass is 10.1. The molecule has 0 heterocycles. The minimum Gasteiger partial charge on any atom is -0.385 e. The summed E-state index contributed by atoms with van der Waals surface area (Å²) in [7, 11) is 1.56. The molecular weight excluding hydrogens is 359 g/mol. The predicted molar refractivity (Wildman–Crippen MR) is 87.8 cm³/mol. The number of benzene rings is 2. The highest BCUT2D eigenvalue weighted by atomic mass is 79.9. The zero-order valence-corrected chi connectivity index (χ0v) is 13.8. The zero-order valence-electron chi connectivity index (χ0n) is 11.4. The van der Waals surface area contributed by atoms with Crippen LogP contribution in [0.5, 0.6) is 0 Å². The average molecular weight is 372 g/mol. The maximum Gasteiger partial charge on any atom is 0.257 e. The van der Waals surface area contributed by atoms with Crippen LogP contribution in [-0.4, -0.2) is 13.0 Å². The summed E-state index contributed by atoms with van der Waals surface area (Å²) in [6.07, 6.45) is 0. The first-order valence-corrected chi connectivity index (χ1v) is 7.34.